The van der Waals surface area contributed by atoms with Crippen LogP contribution in [-0.4, -0.2) is 67.0 Å². The second kappa shape index (κ2) is 8.03. The van der Waals surface area contributed by atoms with Crippen molar-refractivity contribution < 1.29 is 14.0 Å². The number of aliphatic hydroxyl groups excluding tert-OH is 1. The zero-order valence-corrected chi connectivity index (χ0v) is 15.1. The van der Waals surface area contributed by atoms with Gasteiger partial charge in [-0.15, -0.1) is 10.2 Å². The van der Waals surface area contributed by atoms with Gasteiger partial charge in [-0.25, -0.2) is 0 Å². The lowest BCUT2D eigenvalue weighted by Crippen LogP contribution is -2.42. The maximum atomic E-state index is 10.5. The number of aromatic nitrogens is 4. The van der Waals surface area contributed by atoms with Gasteiger partial charge < -0.3 is 14.0 Å². The summed E-state index contributed by atoms with van der Waals surface area (Å²) in [5, 5.41) is 22.4. The van der Waals surface area contributed by atoms with Gasteiger partial charge in [0.25, 0.3) is 0 Å². The monoisotopic (exact) mass is 350 g/mol. The first kappa shape index (κ1) is 18.0. The van der Waals surface area contributed by atoms with Gasteiger partial charge >= 0.3 is 0 Å². The summed E-state index contributed by atoms with van der Waals surface area (Å²) >= 11 is 0. The molecule has 0 bridgehead atoms. The average molecular weight is 350 g/mol. The molecule has 2 aromatic heterocycles. The van der Waals surface area contributed by atoms with E-state index >= 15 is 0 Å². The molecule has 0 amide bonds. The van der Waals surface area contributed by atoms with E-state index in [2.05, 4.69) is 44.0 Å². The molecule has 1 aliphatic rings. The lowest BCUT2D eigenvalue weighted by atomic mass is 10.2. The molecule has 0 unspecified atom stereocenters. The Bertz CT molecular complexity index is 672. The number of hydrogen-bond acceptors (Lipinski definition) is 9. The molecule has 0 aromatic carbocycles. The van der Waals surface area contributed by atoms with E-state index in [-0.39, 0.29) is 6.04 Å². The Balaban J connectivity index is 1.59. The average Bonchev–Trinajstić information content (AvgIpc) is 3.28. The van der Waals surface area contributed by atoms with E-state index in [0.717, 1.165) is 31.8 Å². The van der Waals surface area contributed by atoms with Crippen molar-refractivity contribution in [3.63, 3.8) is 0 Å². The van der Waals surface area contributed by atoms with Crippen molar-refractivity contribution in [3.8, 4) is 0 Å². The fraction of sp³-hybridized carbons (Fsp3) is 0.750. The van der Waals surface area contributed by atoms with E-state index in [1.807, 2.05) is 0 Å². The van der Waals surface area contributed by atoms with Gasteiger partial charge in [-0.05, 0) is 13.0 Å². The second-order valence-corrected chi connectivity index (χ2v) is 6.46. The van der Waals surface area contributed by atoms with Crippen LogP contribution in [-0.2, 0) is 19.5 Å². The van der Waals surface area contributed by atoms with E-state index in [9.17, 15) is 5.11 Å². The number of hydrogen-bond donors (Lipinski definition) is 1. The largest absolute Gasteiger partial charge is 0.424 e. The zero-order chi connectivity index (χ0) is 17.8. The van der Waals surface area contributed by atoms with Crippen LogP contribution in [0.3, 0.4) is 0 Å². The van der Waals surface area contributed by atoms with Crippen LogP contribution in [0.25, 0.3) is 0 Å². The molecule has 2 aromatic rings. The van der Waals surface area contributed by atoms with E-state index in [1.165, 1.54) is 0 Å². The van der Waals surface area contributed by atoms with E-state index < -0.39 is 6.10 Å². The molecule has 3 rings (SSSR count). The smallest absolute Gasteiger partial charge is 0.240 e. The predicted octanol–water partition coefficient (Wildman–Crippen LogP) is 0.781. The van der Waals surface area contributed by atoms with Gasteiger partial charge in [0, 0.05) is 26.4 Å². The summed E-state index contributed by atoms with van der Waals surface area (Å²) in [5.41, 5.74) is 0. The fourth-order valence-electron chi connectivity index (χ4n) is 3.24. The Morgan fingerprint density at radius 3 is 2.76 bits per heavy atom. The summed E-state index contributed by atoms with van der Waals surface area (Å²) in [6.45, 7) is 9.11. The molecular formula is C16H26N6O3. The van der Waals surface area contributed by atoms with Crippen LogP contribution in [0.2, 0.25) is 0 Å². The minimum atomic E-state index is -0.443. The number of likely N-dealkylation sites (N-methyl/N-ethyl adjacent to an activating group) is 1. The van der Waals surface area contributed by atoms with Crippen LogP contribution in [0.15, 0.2) is 8.94 Å². The molecule has 3 heterocycles. The summed E-state index contributed by atoms with van der Waals surface area (Å²) in [6.07, 6.45) is 1.37. The van der Waals surface area contributed by atoms with Crippen LogP contribution < -0.4 is 0 Å². The normalized spacial score (nSPS) is 21.5. The van der Waals surface area contributed by atoms with Crippen molar-refractivity contribution in [2.75, 3.05) is 19.6 Å². The fourth-order valence-corrected chi connectivity index (χ4v) is 3.24. The second-order valence-electron chi connectivity index (χ2n) is 6.46. The summed E-state index contributed by atoms with van der Waals surface area (Å²) in [5.74, 6) is 2.48. The highest BCUT2D eigenvalue weighted by atomic mass is 16.5. The van der Waals surface area contributed by atoms with Crippen molar-refractivity contribution in [2.24, 2.45) is 0 Å². The van der Waals surface area contributed by atoms with Crippen LogP contribution in [0.5, 0.6) is 0 Å². The Kier molecular flexibility index (Phi) is 5.77. The number of rotatable bonds is 8. The number of aryl methyl sites for hydroxylation is 2. The first-order valence-corrected chi connectivity index (χ1v) is 8.84. The summed E-state index contributed by atoms with van der Waals surface area (Å²) in [7, 11) is 0. The highest BCUT2D eigenvalue weighted by Crippen LogP contribution is 2.20. The van der Waals surface area contributed by atoms with E-state index in [0.29, 0.717) is 37.3 Å². The number of β-amino-alcohol motifs (C(OH)–C–C–N with tert-alkyl or cyclic N) is 1. The third kappa shape index (κ3) is 4.42. The molecule has 9 heteroatoms. The standard InChI is InChI=1S/C16H26N6O3/c1-4-6-14-17-15(25-20-14)9-21-7-12(13(23)8-21)22(5-2)10-16-19-18-11(3)24-16/h12-13,23H,4-10H2,1-3H3/t12-,13+/m0/s1. The SMILES string of the molecule is CCCc1noc(CN2C[C@@H](O)[C@@H](N(CC)Cc3nnc(C)o3)C2)n1. The quantitative estimate of drug-likeness (QED) is 0.739. The van der Waals surface area contributed by atoms with E-state index in [4.69, 9.17) is 8.94 Å². The van der Waals surface area contributed by atoms with Gasteiger partial charge in [0.05, 0.1) is 25.2 Å². The van der Waals surface area contributed by atoms with Crippen molar-refractivity contribution in [1.29, 1.82) is 0 Å². The van der Waals surface area contributed by atoms with E-state index in [1.54, 1.807) is 6.92 Å². The van der Waals surface area contributed by atoms with Crippen molar-refractivity contribution in [1.82, 2.24) is 30.1 Å². The third-order valence-electron chi connectivity index (χ3n) is 4.46. The maximum Gasteiger partial charge on any atom is 0.240 e. The Morgan fingerprint density at radius 2 is 2.08 bits per heavy atom. The predicted molar refractivity (Wildman–Crippen MR) is 88.5 cm³/mol. The van der Waals surface area contributed by atoms with Gasteiger partial charge in [0.15, 0.2) is 5.82 Å². The highest BCUT2D eigenvalue weighted by Gasteiger charge is 2.36. The Labute approximate surface area is 147 Å². The molecule has 0 aliphatic carbocycles. The molecule has 138 valence electrons. The highest BCUT2D eigenvalue weighted by molar-refractivity contribution is 4.95. The van der Waals surface area contributed by atoms with Gasteiger partial charge in [0.1, 0.15) is 0 Å². The summed E-state index contributed by atoms with van der Waals surface area (Å²) in [6, 6.07) is 0.00948. The molecular weight excluding hydrogens is 324 g/mol. The van der Waals surface area contributed by atoms with Crippen molar-refractivity contribution >= 4 is 0 Å². The lowest BCUT2D eigenvalue weighted by Gasteiger charge is -2.28. The molecule has 1 N–H and O–H groups in total. The van der Waals surface area contributed by atoms with Crippen molar-refractivity contribution in [2.45, 2.75) is 58.8 Å². The number of likely N-dealkylation sites (tertiary alicyclic amines) is 1. The maximum absolute atomic E-state index is 10.5. The number of nitrogens with zero attached hydrogens (tertiary/aromatic N) is 6. The molecule has 1 aliphatic heterocycles. The van der Waals surface area contributed by atoms with Gasteiger partial charge in [-0.1, -0.05) is 19.0 Å². The lowest BCUT2D eigenvalue weighted by molar-refractivity contribution is 0.0760. The molecule has 0 saturated carbocycles. The minimum Gasteiger partial charge on any atom is -0.424 e. The summed E-state index contributed by atoms with van der Waals surface area (Å²) < 4.78 is 10.8. The molecule has 0 spiro atoms. The first-order valence-electron chi connectivity index (χ1n) is 8.84. The first-order chi connectivity index (χ1) is 12.1. The topological polar surface area (TPSA) is 105 Å². The molecule has 25 heavy (non-hydrogen) atoms. The molecule has 9 nitrogen and oxygen atoms in total. The van der Waals surface area contributed by atoms with Gasteiger partial charge in [-0.3, -0.25) is 9.80 Å². The molecule has 0 radical (unpaired) electrons. The van der Waals surface area contributed by atoms with Crippen LogP contribution >= 0.6 is 0 Å². The van der Waals surface area contributed by atoms with Crippen LogP contribution in [0.4, 0.5) is 0 Å². The Morgan fingerprint density at radius 1 is 1.24 bits per heavy atom. The van der Waals surface area contributed by atoms with Crippen LogP contribution in [0, 0.1) is 6.92 Å². The van der Waals surface area contributed by atoms with Crippen molar-refractivity contribution in [3.05, 3.63) is 23.5 Å². The summed E-state index contributed by atoms with van der Waals surface area (Å²) in [4.78, 5) is 8.70. The molecule has 1 fully saturated rings. The third-order valence-corrected chi connectivity index (χ3v) is 4.46. The molecule has 1 saturated heterocycles. The zero-order valence-electron chi connectivity index (χ0n) is 15.1. The minimum absolute atomic E-state index is 0.00948. The van der Waals surface area contributed by atoms with Gasteiger partial charge in [-0.2, -0.15) is 4.98 Å². The number of aliphatic hydroxyl groups is 1. The Hall–Kier alpha value is -1.84. The molecule has 2 atom stereocenters. The van der Waals surface area contributed by atoms with Crippen LogP contribution in [0.1, 0.15) is 43.8 Å². The van der Waals surface area contributed by atoms with Gasteiger partial charge in [0.2, 0.25) is 17.7 Å².